The molecular formula is C11H24NO2+. The van der Waals surface area contributed by atoms with Crippen LogP contribution in [0.1, 0.15) is 26.7 Å². The number of rotatable bonds is 3. The third-order valence-corrected chi connectivity index (χ3v) is 2.90. The first-order valence-corrected chi connectivity index (χ1v) is 5.52. The zero-order valence-corrected chi connectivity index (χ0v) is 9.84. The Bertz CT molecular complexity index is 180. The van der Waals surface area contributed by atoms with Gasteiger partial charge in [-0.2, -0.15) is 0 Å². The van der Waals surface area contributed by atoms with Gasteiger partial charge in [0, 0.05) is 6.61 Å². The standard InChI is InChI=1S/C11H23NO2/c1-11(2)7-9(5-6-14-11)10(13)8-12(3)4/h9-10,13H,5-8H2,1-4H3/p+1/t9-,10-/m1/s1. The smallest absolute Gasteiger partial charge is 0.106 e. The SMILES string of the molecule is C[NH+](C)C[C@@H](O)[C@@H]1CCOC(C)(C)C1. The van der Waals surface area contributed by atoms with Crippen molar-refractivity contribution in [3.8, 4) is 0 Å². The van der Waals surface area contributed by atoms with E-state index in [1.54, 1.807) is 0 Å². The second kappa shape index (κ2) is 4.60. The third-order valence-electron chi connectivity index (χ3n) is 2.90. The van der Waals surface area contributed by atoms with Crippen molar-refractivity contribution in [1.82, 2.24) is 0 Å². The Morgan fingerprint density at radius 2 is 2.14 bits per heavy atom. The highest BCUT2D eigenvalue weighted by Crippen LogP contribution is 2.30. The molecule has 2 atom stereocenters. The lowest BCUT2D eigenvalue weighted by molar-refractivity contribution is -0.862. The molecule has 14 heavy (non-hydrogen) atoms. The average Bonchev–Trinajstić information content (AvgIpc) is 2.01. The fourth-order valence-electron chi connectivity index (χ4n) is 2.19. The molecule has 1 fully saturated rings. The van der Waals surface area contributed by atoms with Crippen molar-refractivity contribution in [2.75, 3.05) is 27.2 Å². The van der Waals surface area contributed by atoms with E-state index in [0.29, 0.717) is 5.92 Å². The number of aliphatic hydroxyl groups is 1. The number of nitrogens with one attached hydrogen (secondary N) is 1. The Morgan fingerprint density at radius 3 is 2.64 bits per heavy atom. The maximum Gasteiger partial charge on any atom is 0.106 e. The van der Waals surface area contributed by atoms with Gasteiger partial charge in [0.15, 0.2) is 0 Å². The predicted octanol–water partition coefficient (Wildman–Crippen LogP) is -0.303. The van der Waals surface area contributed by atoms with Gasteiger partial charge in [-0.1, -0.05) is 0 Å². The van der Waals surface area contributed by atoms with Gasteiger partial charge in [-0.25, -0.2) is 0 Å². The van der Waals surface area contributed by atoms with Crippen molar-refractivity contribution >= 4 is 0 Å². The van der Waals surface area contributed by atoms with Crippen LogP contribution in [0.15, 0.2) is 0 Å². The summed E-state index contributed by atoms with van der Waals surface area (Å²) in [4.78, 5) is 1.31. The Labute approximate surface area is 87.1 Å². The molecule has 3 heteroatoms. The molecule has 0 spiro atoms. The molecule has 1 saturated heterocycles. The van der Waals surface area contributed by atoms with Gasteiger partial charge < -0.3 is 14.7 Å². The Balaban J connectivity index is 2.43. The maximum absolute atomic E-state index is 10.0. The zero-order valence-electron chi connectivity index (χ0n) is 9.84. The number of likely N-dealkylation sites (N-methyl/N-ethyl adjacent to an activating group) is 1. The number of quaternary nitrogens is 1. The van der Waals surface area contributed by atoms with Crippen LogP contribution in [0, 0.1) is 5.92 Å². The molecule has 0 saturated carbocycles. The monoisotopic (exact) mass is 202 g/mol. The first kappa shape index (κ1) is 12.0. The summed E-state index contributed by atoms with van der Waals surface area (Å²) < 4.78 is 5.63. The summed E-state index contributed by atoms with van der Waals surface area (Å²) in [7, 11) is 4.15. The van der Waals surface area contributed by atoms with Crippen molar-refractivity contribution < 1.29 is 14.7 Å². The van der Waals surface area contributed by atoms with E-state index in [2.05, 4.69) is 27.9 Å². The number of hydrogen-bond acceptors (Lipinski definition) is 2. The van der Waals surface area contributed by atoms with E-state index in [1.807, 2.05) is 0 Å². The highest BCUT2D eigenvalue weighted by Gasteiger charge is 2.33. The lowest BCUT2D eigenvalue weighted by Gasteiger charge is -2.37. The molecule has 0 radical (unpaired) electrons. The van der Waals surface area contributed by atoms with Gasteiger partial charge in [-0.05, 0) is 32.6 Å². The molecule has 0 aliphatic carbocycles. The topological polar surface area (TPSA) is 33.9 Å². The summed E-state index contributed by atoms with van der Waals surface area (Å²) in [5, 5.41) is 10.0. The molecule has 0 bridgehead atoms. The minimum absolute atomic E-state index is 0.0501. The molecule has 0 aromatic carbocycles. The number of aliphatic hydroxyl groups excluding tert-OH is 1. The van der Waals surface area contributed by atoms with E-state index in [1.165, 1.54) is 4.90 Å². The largest absolute Gasteiger partial charge is 0.387 e. The van der Waals surface area contributed by atoms with Crippen LogP contribution < -0.4 is 4.90 Å². The second-order valence-electron chi connectivity index (χ2n) is 5.34. The van der Waals surface area contributed by atoms with E-state index in [9.17, 15) is 5.11 Å². The quantitative estimate of drug-likeness (QED) is 0.659. The van der Waals surface area contributed by atoms with Gasteiger partial charge in [0.2, 0.25) is 0 Å². The van der Waals surface area contributed by atoms with Crippen molar-refractivity contribution in [2.24, 2.45) is 5.92 Å². The number of ether oxygens (including phenoxy) is 1. The fourth-order valence-corrected chi connectivity index (χ4v) is 2.19. The maximum atomic E-state index is 10.0. The Hall–Kier alpha value is -0.120. The highest BCUT2D eigenvalue weighted by atomic mass is 16.5. The van der Waals surface area contributed by atoms with Crippen LogP contribution in [0.5, 0.6) is 0 Å². The molecule has 0 amide bonds. The zero-order chi connectivity index (χ0) is 10.8. The van der Waals surface area contributed by atoms with Crippen molar-refractivity contribution in [2.45, 2.75) is 38.4 Å². The predicted molar refractivity (Wildman–Crippen MR) is 56.4 cm³/mol. The van der Waals surface area contributed by atoms with Gasteiger partial charge in [0.05, 0.1) is 19.7 Å². The van der Waals surface area contributed by atoms with Crippen molar-refractivity contribution in [1.29, 1.82) is 0 Å². The van der Waals surface area contributed by atoms with Crippen molar-refractivity contribution in [3.05, 3.63) is 0 Å². The normalized spacial score (nSPS) is 29.1. The molecule has 1 heterocycles. The minimum Gasteiger partial charge on any atom is -0.387 e. The highest BCUT2D eigenvalue weighted by molar-refractivity contribution is 4.82. The van der Waals surface area contributed by atoms with E-state index < -0.39 is 0 Å². The van der Waals surface area contributed by atoms with E-state index in [0.717, 1.165) is 26.0 Å². The summed E-state index contributed by atoms with van der Waals surface area (Å²) in [6.45, 7) is 5.83. The van der Waals surface area contributed by atoms with E-state index in [4.69, 9.17) is 4.74 Å². The fraction of sp³-hybridized carbons (Fsp3) is 1.00. The van der Waals surface area contributed by atoms with E-state index in [-0.39, 0.29) is 11.7 Å². The third kappa shape index (κ3) is 3.56. The van der Waals surface area contributed by atoms with Crippen LogP contribution >= 0.6 is 0 Å². The van der Waals surface area contributed by atoms with Gasteiger partial charge in [0.1, 0.15) is 12.6 Å². The van der Waals surface area contributed by atoms with Crippen LogP contribution in [0.2, 0.25) is 0 Å². The second-order valence-corrected chi connectivity index (χ2v) is 5.34. The van der Waals surface area contributed by atoms with Crippen LogP contribution in [-0.2, 0) is 4.74 Å². The summed E-state index contributed by atoms with van der Waals surface area (Å²) in [5.41, 5.74) is -0.0501. The Morgan fingerprint density at radius 1 is 1.50 bits per heavy atom. The molecule has 1 rings (SSSR count). The van der Waals surface area contributed by atoms with Gasteiger partial charge in [0.25, 0.3) is 0 Å². The molecule has 3 nitrogen and oxygen atoms in total. The molecule has 84 valence electrons. The lowest BCUT2D eigenvalue weighted by Crippen LogP contribution is -3.07. The minimum atomic E-state index is -0.178. The molecule has 0 unspecified atom stereocenters. The lowest BCUT2D eigenvalue weighted by atomic mass is 9.84. The van der Waals surface area contributed by atoms with Crippen LogP contribution in [-0.4, -0.2) is 44.1 Å². The van der Waals surface area contributed by atoms with Crippen LogP contribution in [0.3, 0.4) is 0 Å². The Kier molecular flexibility index (Phi) is 3.93. The summed E-state index contributed by atoms with van der Waals surface area (Å²) >= 11 is 0. The molecular weight excluding hydrogens is 178 g/mol. The van der Waals surface area contributed by atoms with Gasteiger partial charge in [-0.3, -0.25) is 0 Å². The van der Waals surface area contributed by atoms with E-state index >= 15 is 0 Å². The first-order chi connectivity index (χ1) is 6.41. The van der Waals surface area contributed by atoms with Gasteiger partial charge in [-0.15, -0.1) is 0 Å². The average molecular weight is 202 g/mol. The number of hydrogen-bond donors (Lipinski definition) is 2. The van der Waals surface area contributed by atoms with Crippen molar-refractivity contribution in [3.63, 3.8) is 0 Å². The van der Waals surface area contributed by atoms with Crippen LogP contribution in [0.25, 0.3) is 0 Å². The van der Waals surface area contributed by atoms with Gasteiger partial charge >= 0.3 is 0 Å². The molecule has 1 aliphatic heterocycles. The molecule has 1 aliphatic rings. The summed E-state index contributed by atoms with van der Waals surface area (Å²) in [6, 6.07) is 0. The summed E-state index contributed by atoms with van der Waals surface area (Å²) in [5.74, 6) is 0.411. The summed E-state index contributed by atoms with van der Waals surface area (Å²) in [6.07, 6.45) is 1.79. The van der Waals surface area contributed by atoms with Crippen LogP contribution in [0.4, 0.5) is 0 Å². The molecule has 0 aromatic heterocycles. The molecule has 2 N–H and O–H groups in total. The first-order valence-electron chi connectivity index (χ1n) is 5.52. The molecule has 0 aromatic rings.